The summed E-state index contributed by atoms with van der Waals surface area (Å²) in [5.74, 6) is -3.99. The number of aryl methyl sites for hydroxylation is 2. The van der Waals surface area contributed by atoms with Gasteiger partial charge in [-0.1, -0.05) is 17.7 Å². The monoisotopic (exact) mass is 353 g/mol. The van der Waals surface area contributed by atoms with E-state index in [1.165, 1.54) is 0 Å². The molecule has 24 heavy (non-hydrogen) atoms. The van der Waals surface area contributed by atoms with Crippen LogP contribution in [0.2, 0.25) is 5.02 Å². The topological polar surface area (TPSA) is 55.4 Å². The van der Waals surface area contributed by atoms with Crippen molar-refractivity contribution in [3.8, 4) is 0 Å². The predicted octanol–water partition coefficient (Wildman–Crippen LogP) is 4.03. The fourth-order valence-corrected chi connectivity index (χ4v) is 2.13. The zero-order chi connectivity index (χ0) is 17.9. The number of carbonyl (C=O) groups excluding carboxylic acids is 2. The molecule has 0 radical (unpaired) electrons. The Morgan fingerprint density at radius 1 is 1.08 bits per heavy atom. The van der Waals surface area contributed by atoms with Gasteiger partial charge in [0.2, 0.25) is 0 Å². The van der Waals surface area contributed by atoms with Crippen LogP contribution in [0.15, 0.2) is 30.3 Å². The van der Waals surface area contributed by atoms with Crippen LogP contribution >= 0.6 is 11.6 Å². The molecule has 0 aliphatic rings. The Balaban J connectivity index is 1.97. The number of anilines is 1. The summed E-state index contributed by atoms with van der Waals surface area (Å²) >= 11 is 5.67. The zero-order valence-corrected chi connectivity index (χ0v) is 13.7. The number of hydrogen-bond donors (Lipinski definition) is 1. The first kappa shape index (κ1) is 17.9. The zero-order valence-electron chi connectivity index (χ0n) is 13.0. The summed E-state index contributed by atoms with van der Waals surface area (Å²) in [7, 11) is 0. The van der Waals surface area contributed by atoms with Crippen molar-refractivity contribution in [2.45, 2.75) is 13.8 Å². The number of hydrogen-bond acceptors (Lipinski definition) is 3. The fourth-order valence-electron chi connectivity index (χ4n) is 1.90. The van der Waals surface area contributed by atoms with Gasteiger partial charge in [0.25, 0.3) is 5.91 Å². The third kappa shape index (κ3) is 4.29. The Labute approximate surface area is 142 Å². The molecule has 0 aromatic heterocycles. The molecule has 126 valence electrons. The molecule has 1 N–H and O–H groups in total. The highest BCUT2D eigenvalue weighted by Crippen LogP contribution is 2.21. The molecule has 0 spiro atoms. The second-order valence-corrected chi connectivity index (χ2v) is 5.58. The lowest BCUT2D eigenvalue weighted by atomic mass is 10.1. The molecule has 2 aromatic carbocycles. The lowest BCUT2D eigenvalue weighted by molar-refractivity contribution is -0.119. The minimum atomic E-state index is -1.23. The molecule has 1 amide bonds. The van der Waals surface area contributed by atoms with E-state index in [-0.39, 0.29) is 10.6 Å². The average molecular weight is 354 g/mol. The number of benzene rings is 2. The van der Waals surface area contributed by atoms with Gasteiger partial charge in [-0.3, -0.25) is 4.79 Å². The third-order valence-electron chi connectivity index (χ3n) is 3.35. The van der Waals surface area contributed by atoms with E-state index in [9.17, 15) is 18.4 Å². The van der Waals surface area contributed by atoms with Crippen LogP contribution in [-0.4, -0.2) is 18.5 Å². The maximum atomic E-state index is 13.2. The van der Waals surface area contributed by atoms with Crippen LogP contribution in [-0.2, 0) is 9.53 Å². The Morgan fingerprint density at radius 3 is 2.42 bits per heavy atom. The second-order valence-electron chi connectivity index (χ2n) is 5.17. The van der Waals surface area contributed by atoms with E-state index in [1.807, 2.05) is 19.9 Å². The van der Waals surface area contributed by atoms with Crippen LogP contribution in [0.25, 0.3) is 0 Å². The fraction of sp³-hybridized carbons (Fsp3) is 0.176. The van der Waals surface area contributed by atoms with Gasteiger partial charge in [-0.25, -0.2) is 13.6 Å². The molecule has 0 atom stereocenters. The quantitative estimate of drug-likeness (QED) is 0.667. The van der Waals surface area contributed by atoms with Crippen molar-refractivity contribution in [1.82, 2.24) is 0 Å². The lowest BCUT2D eigenvalue weighted by Crippen LogP contribution is -2.21. The molecule has 0 bridgehead atoms. The van der Waals surface area contributed by atoms with E-state index in [1.54, 1.807) is 12.1 Å². The highest BCUT2D eigenvalue weighted by Gasteiger charge is 2.17. The number of ether oxygens (including phenoxy) is 1. The number of halogens is 3. The number of carbonyl (C=O) groups is 2. The normalized spacial score (nSPS) is 10.4. The molecule has 4 nitrogen and oxygen atoms in total. The molecule has 0 fully saturated rings. The van der Waals surface area contributed by atoms with Gasteiger partial charge < -0.3 is 10.1 Å². The number of rotatable bonds is 4. The summed E-state index contributed by atoms with van der Waals surface area (Å²) in [4.78, 5) is 23.6. The van der Waals surface area contributed by atoms with E-state index < -0.39 is 30.1 Å². The Hall–Kier alpha value is -2.47. The summed E-state index contributed by atoms with van der Waals surface area (Å²) in [6, 6.07) is 6.64. The molecule has 0 saturated carbocycles. The second kappa shape index (κ2) is 7.40. The molecule has 0 aliphatic heterocycles. The number of amides is 1. The van der Waals surface area contributed by atoms with Gasteiger partial charge in [0, 0.05) is 5.69 Å². The molecule has 0 saturated heterocycles. The maximum Gasteiger partial charge on any atom is 0.340 e. The highest BCUT2D eigenvalue weighted by atomic mass is 35.5. The number of nitrogens with one attached hydrogen (secondary N) is 1. The lowest BCUT2D eigenvalue weighted by Gasteiger charge is -2.09. The summed E-state index contributed by atoms with van der Waals surface area (Å²) in [5.41, 5.74) is 2.28. The van der Waals surface area contributed by atoms with Crippen molar-refractivity contribution in [1.29, 1.82) is 0 Å². The van der Waals surface area contributed by atoms with Gasteiger partial charge >= 0.3 is 5.97 Å². The van der Waals surface area contributed by atoms with Crippen LogP contribution in [0.3, 0.4) is 0 Å². The van der Waals surface area contributed by atoms with Crippen LogP contribution in [0.5, 0.6) is 0 Å². The summed E-state index contributed by atoms with van der Waals surface area (Å²) in [6.07, 6.45) is 0. The maximum absolute atomic E-state index is 13.2. The summed E-state index contributed by atoms with van der Waals surface area (Å²) in [5, 5.41) is 2.27. The van der Waals surface area contributed by atoms with Crippen LogP contribution in [0.1, 0.15) is 21.5 Å². The van der Waals surface area contributed by atoms with Crippen molar-refractivity contribution in [2.24, 2.45) is 0 Å². The molecular formula is C17H14ClF2NO3. The van der Waals surface area contributed by atoms with Crippen molar-refractivity contribution in [2.75, 3.05) is 11.9 Å². The molecule has 2 rings (SSSR count). The summed E-state index contributed by atoms with van der Waals surface area (Å²) in [6.45, 7) is 3.26. The van der Waals surface area contributed by atoms with E-state index in [4.69, 9.17) is 16.3 Å². The van der Waals surface area contributed by atoms with E-state index in [2.05, 4.69) is 5.32 Å². The van der Waals surface area contributed by atoms with E-state index >= 15 is 0 Å². The van der Waals surface area contributed by atoms with E-state index in [0.29, 0.717) is 17.8 Å². The van der Waals surface area contributed by atoms with Gasteiger partial charge in [-0.2, -0.15) is 0 Å². The van der Waals surface area contributed by atoms with Crippen molar-refractivity contribution < 1.29 is 23.1 Å². The van der Waals surface area contributed by atoms with Gasteiger partial charge in [0.15, 0.2) is 18.2 Å². The highest BCUT2D eigenvalue weighted by molar-refractivity contribution is 6.33. The third-order valence-corrected chi connectivity index (χ3v) is 3.67. The minimum absolute atomic E-state index is 0.298. The molecular weight excluding hydrogens is 340 g/mol. The largest absolute Gasteiger partial charge is 0.452 e. The molecule has 7 heteroatoms. The van der Waals surface area contributed by atoms with E-state index in [0.717, 1.165) is 11.1 Å². The van der Waals surface area contributed by atoms with Gasteiger partial charge in [-0.05, 0) is 49.2 Å². The first-order chi connectivity index (χ1) is 11.3. The molecule has 0 heterocycles. The summed E-state index contributed by atoms with van der Waals surface area (Å²) < 4.78 is 30.9. The first-order valence-electron chi connectivity index (χ1n) is 6.96. The van der Waals surface area contributed by atoms with Gasteiger partial charge in [0.1, 0.15) is 0 Å². The first-order valence-corrected chi connectivity index (χ1v) is 7.34. The smallest absolute Gasteiger partial charge is 0.340 e. The average Bonchev–Trinajstić information content (AvgIpc) is 2.52. The van der Waals surface area contributed by atoms with Crippen LogP contribution < -0.4 is 5.32 Å². The minimum Gasteiger partial charge on any atom is -0.452 e. The van der Waals surface area contributed by atoms with Crippen molar-refractivity contribution >= 4 is 29.2 Å². The van der Waals surface area contributed by atoms with Crippen LogP contribution in [0, 0.1) is 25.5 Å². The Bertz CT molecular complexity index is 809. The Kier molecular flexibility index (Phi) is 5.51. The van der Waals surface area contributed by atoms with Gasteiger partial charge in [-0.15, -0.1) is 0 Å². The number of esters is 1. The van der Waals surface area contributed by atoms with Crippen LogP contribution in [0.4, 0.5) is 14.5 Å². The Morgan fingerprint density at radius 2 is 1.75 bits per heavy atom. The standard InChI is InChI=1S/C17H14ClF2NO3/c1-9-3-4-11(5-10(9)2)21-16(22)8-24-17(23)12-6-14(19)15(20)7-13(12)18/h3-7H,8H2,1-2H3,(H,21,22). The molecule has 0 aliphatic carbocycles. The molecule has 2 aromatic rings. The van der Waals surface area contributed by atoms with Gasteiger partial charge in [0.05, 0.1) is 10.6 Å². The SMILES string of the molecule is Cc1ccc(NC(=O)COC(=O)c2cc(F)c(F)cc2Cl)cc1C. The van der Waals surface area contributed by atoms with Crippen molar-refractivity contribution in [3.05, 3.63) is 63.7 Å². The predicted molar refractivity (Wildman–Crippen MR) is 86.2 cm³/mol. The molecule has 0 unspecified atom stereocenters. The van der Waals surface area contributed by atoms with Crippen molar-refractivity contribution in [3.63, 3.8) is 0 Å².